The summed E-state index contributed by atoms with van der Waals surface area (Å²) in [5.41, 5.74) is 1.12. The number of aromatic nitrogens is 4. The molecule has 0 bridgehead atoms. The molecule has 0 fully saturated rings. The zero-order valence-corrected chi connectivity index (χ0v) is 13.1. The Morgan fingerprint density at radius 2 is 1.86 bits per heavy atom. The fourth-order valence-electron chi connectivity index (χ4n) is 2.02. The predicted octanol–water partition coefficient (Wildman–Crippen LogP) is 2.60. The number of anilines is 2. The Morgan fingerprint density at radius 1 is 1.10 bits per heavy atom. The number of aryl methyl sites for hydroxylation is 2. The molecule has 0 radical (unpaired) electrons. The lowest BCUT2D eigenvalue weighted by Crippen LogP contribution is -2.10. The van der Waals surface area contributed by atoms with Crippen LogP contribution in [0.4, 0.5) is 11.6 Å². The van der Waals surface area contributed by atoms with Crippen molar-refractivity contribution in [2.24, 2.45) is 7.05 Å². The van der Waals surface area contributed by atoms with Gasteiger partial charge in [0.25, 0.3) is 0 Å². The standard InChI is InChI=1S/C15H24N6/c1-4-6-13-19-14(16-8-5-2)10-15(20-13)17-11-12-7-9-18-21(12)3/h7,9-10H,4-6,8,11H2,1-3H3,(H2,16,17,19,20). The molecule has 2 rings (SSSR count). The smallest absolute Gasteiger partial charge is 0.133 e. The third-order valence-corrected chi connectivity index (χ3v) is 3.18. The van der Waals surface area contributed by atoms with Gasteiger partial charge in [-0.2, -0.15) is 5.10 Å². The van der Waals surface area contributed by atoms with Gasteiger partial charge in [0.2, 0.25) is 0 Å². The summed E-state index contributed by atoms with van der Waals surface area (Å²) in [5.74, 6) is 2.63. The molecule has 0 unspecified atom stereocenters. The molecule has 6 heteroatoms. The maximum atomic E-state index is 4.57. The average molecular weight is 288 g/mol. The van der Waals surface area contributed by atoms with Crippen molar-refractivity contribution >= 4 is 11.6 Å². The van der Waals surface area contributed by atoms with Gasteiger partial charge < -0.3 is 10.6 Å². The summed E-state index contributed by atoms with van der Waals surface area (Å²) in [6, 6.07) is 3.96. The Labute approximate surface area is 126 Å². The molecule has 0 atom stereocenters. The van der Waals surface area contributed by atoms with Crippen LogP contribution in [0.3, 0.4) is 0 Å². The van der Waals surface area contributed by atoms with Crippen molar-refractivity contribution in [1.29, 1.82) is 0 Å². The molecule has 114 valence electrons. The van der Waals surface area contributed by atoms with Gasteiger partial charge in [-0.25, -0.2) is 9.97 Å². The van der Waals surface area contributed by atoms with Crippen molar-refractivity contribution in [3.8, 4) is 0 Å². The van der Waals surface area contributed by atoms with Gasteiger partial charge in [0.1, 0.15) is 17.5 Å². The van der Waals surface area contributed by atoms with E-state index in [0.29, 0.717) is 6.54 Å². The van der Waals surface area contributed by atoms with Crippen LogP contribution in [0.2, 0.25) is 0 Å². The van der Waals surface area contributed by atoms with Crippen molar-refractivity contribution in [3.05, 3.63) is 29.8 Å². The SMILES string of the molecule is CCCNc1cc(NCc2ccnn2C)nc(CCC)n1. The van der Waals surface area contributed by atoms with Crippen LogP contribution in [0, 0.1) is 0 Å². The van der Waals surface area contributed by atoms with Gasteiger partial charge in [0.15, 0.2) is 0 Å². The van der Waals surface area contributed by atoms with Gasteiger partial charge in [-0.3, -0.25) is 4.68 Å². The summed E-state index contributed by atoms with van der Waals surface area (Å²) >= 11 is 0. The highest BCUT2D eigenvalue weighted by Crippen LogP contribution is 2.13. The van der Waals surface area contributed by atoms with Gasteiger partial charge in [-0.1, -0.05) is 13.8 Å². The Balaban J connectivity index is 2.09. The van der Waals surface area contributed by atoms with E-state index in [-0.39, 0.29) is 0 Å². The highest BCUT2D eigenvalue weighted by molar-refractivity contribution is 5.47. The van der Waals surface area contributed by atoms with Crippen LogP contribution in [0.5, 0.6) is 0 Å². The molecular weight excluding hydrogens is 264 g/mol. The summed E-state index contributed by atoms with van der Waals surface area (Å²) in [4.78, 5) is 9.11. The number of hydrogen-bond acceptors (Lipinski definition) is 5. The first-order chi connectivity index (χ1) is 10.2. The summed E-state index contributed by atoms with van der Waals surface area (Å²) in [7, 11) is 1.94. The zero-order valence-electron chi connectivity index (χ0n) is 13.1. The molecule has 0 aliphatic rings. The highest BCUT2D eigenvalue weighted by atomic mass is 15.3. The van der Waals surface area contributed by atoms with Gasteiger partial charge in [-0.15, -0.1) is 0 Å². The van der Waals surface area contributed by atoms with Crippen LogP contribution >= 0.6 is 0 Å². The van der Waals surface area contributed by atoms with E-state index < -0.39 is 0 Å². The largest absolute Gasteiger partial charge is 0.370 e. The molecule has 0 aromatic carbocycles. The van der Waals surface area contributed by atoms with Crippen LogP contribution in [0.15, 0.2) is 18.3 Å². The van der Waals surface area contributed by atoms with E-state index in [1.165, 1.54) is 0 Å². The Bertz CT molecular complexity index is 563. The summed E-state index contributed by atoms with van der Waals surface area (Å²) in [6.07, 6.45) is 4.80. The van der Waals surface area contributed by atoms with E-state index in [4.69, 9.17) is 0 Å². The van der Waals surface area contributed by atoms with E-state index >= 15 is 0 Å². The Kier molecular flexibility index (Phi) is 5.54. The van der Waals surface area contributed by atoms with E-state index in [9.17, 15) is 0 Å². The van der Waals surface area contributed by atoms with Crippen molar-refractivity contribution in [1.82, 2.24) is 19.7 Å². The molecule has 6 nitrogen and oxygen atoms in total. The highest BCUT2D eigenvalue weighted by Gasteiger charge is 2.05. The van der Waals surface area contributed by atoms with E-state index in [2.05, 4.69) is 39.5 Å². The Hall–Kier alpha value is -2.11. The lowest BCUT2D eigenvalue weighted by molar-refractivity contribution is 0.719. The predicted molar refractivity (Wildman–Crippen MR) is 85.3 cm³/mol. The number of nitrogens with one attached hydrogen (secondary N) is 2. The van der Waals surface area contributed by atoms with Crippen LogP contribution in [-0.2, 0) is 20.0 Å². The summed E-state index contributed by atoms with van der Waals surface area (Å²) in [5, 5.41) is 10.8. The molecule has 21 heavy (non-hydrogen) atoms. The van der Waals surface area contributed by atoms with Crippen molar-refractivity contribution in [3.63, 3.8) is 0 Å². The molecule has 2 N–H and O–H groups in total. The molecule has 0 aliphatic carbocycles. The second kappa shape index (κ2) is 7.61. The van der Waals surface area contributed by atoms with Gasteiger partial charge in [-0.05, 0) is 18.9 Å². The molecule has 0 saturated carbocycles. The zero-order chi connectivity index (χ0) is 15.1. The Morgan fingerprint density at radius 3 is 2.48 bits per heavy atom. The molecule has 2 aromatic heterocycles. The minimum Gasteiger partial charge on any atom is -0.370 e. The van der Waals surface area contributed by atoms with Crippen molar-refractivity contribution in [2.75, 3.05) is 17.2 Å². The first kappa shape index (κ1) is 15.3. The minimum atomic E-state index is 0.701. The number of rotatable bonds is 8. The number of hydrogen-bond donors (Lipinski definition) is 2. The molecule has 0 aliphatic heterocycles. The van der Waals surface area contributed by atoms with Crippen LogP contribution in [0.1, 0.15) is 38.2 Å². The van der Waals surface area contributed by atoms with Crippen LogP contribution in [-0.4, -0.2) is 26.3 Å². The molecule has 2 aromatic rings. The average Bonchev–Trinajstić information content (AvgIpc) is 2.88. The van der Waals surface area contributed by atoms with E-state index in [1.807, 2.05) is 23.9 Å². The third-order valence-electron chi connectivity index (χ3n) is 3.18. The third kappa shape index (κ3) is 4.44. The molecule has 2 heterocycles. The molecular formula is C15H24N6. The van der Waals surface area contributed by atoms with Crippen molar-refractivity contribution < 1.29 is 0 Å². The maximum absolute atomic E-state index is 4.57. The van der Waals surface area contributed by atoms with E-state index in [0.717, 1.165) is 49.0 Å². The second-order valence-electron chi connectivity index (χ2n) is 5.03. The second-order valence-corrected chi connectivity index (χ2v) is 5.03. The molecule has 0 amide bonds. The lowest BCUT2D eigenvalue weighted by atomic mass is 10.3. The quantitative estimate of drug-likeness (QED) is 0.781. The van der Waals surface area contributed by atoms with Crippen molar-refractivity contribution in [2.45, 2.75) is 39.7 Å². The van der Waals surface area contributed by atoms with Crippen LogP contribution in [0.25, 0.3) is 0 Å². The lowest BCUT2D eigenvalue weighted by Gasteiger charge is -2.11. The topological polar surface area (TPSA) is 67.7 Å². The molecule has 0 saturated heterocycles. The molecule has 0 spiro atoms. The summed E-state index contributed by atoms with van der Waals surface area (Å²) < 4.78 is 1.86. The first-order valence-corrected chi connectivity index (χ1v) is 7.55. The fraction of sp³-hybridized carbons (Fsp3) is 0.533. The van der Waals surface area contributed by atoms with Gasteiger partial charge >= 0.3 is 0 Å². The van der Waals surface area contributed by atoms with Gasteiger partial charge in [0.05, 0.1) is 12.2 Å². The fourth-order valence-corrected chi connectivity index (χ4v) is 2.02. The monoisotopic (exact) mass is 288 g/mol. The first-order valence-electron chi connectivity index (χ1n) is 7.55. The van der Waals surface area contributed by atoms with Crippen LogP contribution < -0.4 is 10.6 Å². The normalized spacial score (nSPS) is 10.6. The number of nitrogens with zero attached hydrogens (tertiary/aromatic N) is 4. The van der Waals surface area contributed by atoms with Gasteiger partial charge in [0, 0.05) is 32.3 Å². The minimum absolute atomic E-state index is 0.701. The van der Waals surface area contributed by atoms with E-state index in [1.54, 1.807) is 6.20 Å². The maximum Gasteiger partial charge on any atom is 0.133 e. The summed E-state index contributed by atoms with van der Waals surface area (Å²) in [6.45, 7) is 5.90.